The van der Waals surface area contributed by atoms with Gasteiger partial charge in [0, 0.05) is 23.4 Å². The number of nitrogens with zero attached hydrogens (tertiary/aromatic N) is 2. The summed E-state index contributed by atoms with van der Waals surface area (Å²) in [4.78, 5) is 14.1. The molecular formula is C19H16ClN3O2S. The van der Waals surface area contributed by atoms with E-state index in [-0.39, 0.29) is 5.91 Å². The third-order valence-corrected chi connectivity index (χ3v) is 5.40. The fraction of sp³-hybridized carbons (Fsp3) is 0.158. The Kier molecular flexibility index (Phi) is 4.53. The molecule has 7 heteroatoms. The van der Waals surface area contributed by atoms with Crippen molar-refractivity contribution in [1.82, 2.24) is 15.1 Å². The number of thiophene rings is 1. The van der Waals surface area contributed by atoms with Crippen molar-refractivity contribution < 1.29 is 9.21 Å². The van der Waals surface area contributed by atoms with E-state index < -0.39 is 0 Å². The first-order chi connectivity index (χ1) is 12.6. The molecule has 0 saturated carbocycles. The fourth-order valence-electron chi connectivity index (χ4n) is 2.78. The maximum absolute atomic E-state index is 12.5. The van der Waals surface area contributed by atoms with Gasteiger partial charge in [-0.1, -0.05) is 17.7 Å². The lowest BCUT2D eigenvalue weighted by Crippen LogP contribution is -2.24. The van der Waals surface area contributed by atoms with Gasteiger partial charge in [0.05, 0.1) is 22.5 Å². The molecule has 0 aliphatic heterocycles. The highest BCUT2D eigenvalue weighted by molar-refractivity contribution is 7.20. The summed E-state index contributed by atoms with van der Waals surface area (Å²) in [5.74, 6) is 0.767. The molecule has 0 spiro atoms. The lowest BCUT2D eigenvalue weighted by molar-refractivity contribution is 0.0958. The number of carbonyl (C=O) groups excluding carboxylic acids is 1. The van der Waals surface area contributed by atoms with Crippen LogP contribution in [0.3, 0.4) is 0 Å². The van der Waals surface area contributed by atoms with Crippen LogP contribution >= 0.6 is 22.9 Å². The summed E-state index contributed by atoms with van der Waals surface area (Å²) in [7, 11) is 0. The number of hydrogen-bond acceptors (Lipinski definition) is 4. The maximum atomic E-state index is 12.5. The second-order valence-electron chi connectivity index (χ2n) is 5.89. The van der Waals surface area contributed by atoms with E-state index in [1.807, 2.05) is 54.1 Å². The van der Waals surface area contributed by atoms with Crippen molar-refractivity contribution in [1.29, 1.82) is 0 Å². The Bertz CT molecular complexity index is 1070. The summed E-state index contributed by atoms with van der Waals surface area (Å²) in [5, 5.41) is 9.15. The van der Waals surface area contributed by atoms with Crippen molar-refractivity contribution in [3.63, 3.8) is 0 Å². The highest BCUT2D eigenvalue weighted by atomic mass is 35.5. The zero-order chi connectivity index (χ0) is 18.1. The summed E-state index contributed by atoms with van der Waals surface area (Å²) < 4.78 is 7.11. The lowest BCUT2D eigenvalue weighted by Gasteiger charge is -2.03. The Balaban J connectivity index is 1.57. The van der Waals surface area contributed by atoms with Gasteiger partial charge < -0.3 is 9.73 Å². The van der Waals surface area contributed by atoms with Gasteiger partial charge in [0.1, 0.15) is 10.6 Å². The minimum absolute atomic E-state index is 0.0881. The smallest absolute Gasteiger partial charge is 0.261 e. The molecule has 4 rings (SSSR count). The minimum atomic E-state index is -0.0881. The normalized spacial score (nSPS) is 11.2. The van der Waals surface area contributed by atoms with Crippen molar-refractivity contribution in [3.8, 4) is 5.69 Å². The van der Waals surface area contributed by atoms with Crippen LogP contribution in [0.1, 0.15) is 21.1 Å². The Morgan fingerprint density at radius 2 is 2.19 bits per heavy atom. The standard InChI is InChI=1S/C19H16ClN3O2S/c1-12-16-11-17(18(24)21-8-7-15-6-3-9-25-15)26-19(16)23(22-12)14-5-2-4-13(20)10-14/h2-6,9-11H,7-8H2,1H3,(H,21,24). The molecule has 0 saturated heterocycles. The van der Waals surface area contributed by atoms with Gasteiger partial charge in [0.15, 0.2) is 0 Å². The van der Waals surface area contributed by atoms with Crippen molar-refractivity contribution in [2.75, 3.05) is 6.54 Å². The van der Waals surface area contributed by atoms with Gasteiger partial charge in [-0.15, -0.1) is 11.3 Å². The molecule has 0 fully saturated rings. The molecule has 4 aromatic rings. The van der Waals surface area contributed by atoms with Crippen LogP contribution in [0.2, 0.25) is 5.02 Å². The van der Waals surface area contributed by atoms with Gasteiger partial charge >= 0.3 is 0 Å². The minimum Gasteiger partial charge on any atom is -0.469 e. The van der Waals surface area contributed by atoms with Gasteiger partial charge in [0.25, 0.3) is 5.91 Å². The van der Waals surface area contributed by atoms with Gasteiger partial charge in [0.2, 0.25) is 0 Å². The van der Waals surface area contributed by atoms with Crippen LogP contribution in [0, 0.1) is 6.92 Å². The Hall–Kier alpha value is -2.57. The lowest BCUT2D eigenvalue weighted by atomic mass is 10.3. The van der Waals surface area contributed by atoms with E-state index in [2.05, 4.69) is 10.4 Å². The number of furan rings is 1. The molecule has 0 aliphatic rings. The van der Waals surface area contributed by atoms with Crippen molar-refractivity contribution in [2.24, 2.45) is 0 Å². The molecule has 0 unspecified atom stereocenters. The van der Waals surface area contributed by atoms with Gasteiger partial charge in [-0.25, -0.2) is 4.68 Å². The highest BCUT2D eigenvalue weighted by Crippen LogP contribution is 2.30. The van der Waals surface area contributed by atoms with E-state index in [1.165, 1.54) is 11.3 Å². The Morgan fingerprint density at radius 1 is 1.31 bits per heavy atom. The molecule has 26 heavy (non-hydrogen) atoms. The molecule has 5 nitrogen and oxygen atoms in total. The zero-order valence-electron chi connectivity index (χ0n) is 14.0. The van der Waals surface area contributed by atoms with Crippen LogP contribution in [0.5, 0.6) is 0 Å². The molecule has 1 amide bonds. The molecule has 1 aromatic carbocycles. The molecule has 0 radical (unpaired) electrons. The van der Waals surface area contributed by atoms with E-state index in [4.69, 9.17) is 16.0 Å². The summed E-state index contributed by atoms with van der Waals surface area (Å²) in [6, 6.07) is 13.1. The van der Waals surface area contributed by atoms with E-state index in [1.54, 1.807) is 6.26 Å². The van der Waals surface area contributed by atoms with Crippen LogP contribution in [-0.2, 0) is 6.42 Å². The van der Waals surface area contributed by atoms with Crippen molar-refractivity contribution in [3.05, 3.63) is 70.1 Å². The topological polar surface area (TPSA) is 60.1 Å². The first-order valence-corrected chi connectivity index (χ1v) is 9.37. The molecule has 0 bridgehead atoms. The molecule has 132 valence electrons. The number of nitrogens with one attached hydrogen (secondary N) is 1. The first kappa shape index (κ1) is 16.9. The Morgan fingerprint density at radius 3 is 2.96 bits per heavy atom. The number of halogens is 1. The average Bonchev–Trinajstić information content (AvgIpc) is 3.33. The number of aryl methyl sites for hydroxylation is 1. The molecular weight excluding hydrogens is 370 g/mol. The third-order valence-electron chi connectivity index (χ3n) is 4.06. The van der Waals surface area contributed by atoms with E-state index in [0.717, 1.165) is 27.4 Å². The molecule has 3 aromatic heterocycles. The SMILES string of the molecule is Cc1nn(-c2cccc(Cl)c2)c2sc(C(=O)NCCc3ccco3)cc12. The number of benzene rings is 1. The van der Waals surface area contributed by atoms with Crippen LogP contribution in [0.25, 0.3) is 15.9 Å². The summed E-state index contributed by atoms with van der Waals surface area (Å²) in [5.41, 5.74) is 1.76. The summed E-state index contributed by atoms with van der Waals surface area (Å²) >= 11 is 7.52. The quantitative estimate of drug-likeness (QED) is 0.545. The number of hydrogen-bond donors (Lipinski definition) is 1. The highest BCUT2D eigenvalue weighted by Gasteiger charge is 2.17. The predicted molar refractivity (Wildman–Crippen MR) is 103 cm³/mol. The maximum Gasteiger partial charge on any atom is 0.261 e. The van der Waals surface area contributed by atoms with Crippen LogP contribution in [0.4, 0.5) is 0 Å². The second-order valence-corrected chi connectivity index (χ2v) is 7.36. The second kappa shape index (κ2) is 6.97. The largest absolute Gasteiger partial charge is 0.469 e. The van der Waals surface area contributed by atoms with E-state index >= 15 is 0 Å². The van der Waals surface area contributed by atoms with E-state index in [0.29, 0.717) is 22.9 Å². The molecule has 0 aliphatic carbocycles. The number of amides is 1. The van der Waals surface area contributed by atoms with Crippen LogP contribution in [0.15, 0.2) is 53.1 Å². The van der Waals surface area contributed by atoms with Crippen LogP contribution in [-0.4, -0.2) is 22.2 Å². The van der Waals surface area contributed by atoms with Crippen molar-refractivity contribution in [2.45, 2.75) is 13.3 Å². The number of carbonyl (C=O) groups is 1. The van der Waals surface area contributed by atoms with Crippen molar-refractivity contribution >= 4 is 39.1 Å². The molecule has 0 atom stereocenters. The van der Waals surface area contributed by atoms with Gasteiger partial charge in [-0.05, 0) is 43.3 Å². The third kappa shape index (κ3) is 3.25. The number of rotatable bonds is 5. The zero-order valence-corrected chi connectivity index (χ0v) is 15.6. The fourth-order valence-corrected chi connectivity index (χ4v) is 4.07. The monoisotopic (exact) mass is 385 g/mol. The number of aromatic nitrogens is 2. The summed E-state index contributed by atoms with van der Waals surface area (Å²) in [6.45, 7) is 2.47. The predicted octanol–water partition coefficient (Wildman–Crippen LogP) is 4.61. The molecule has 3 heterocycles. The van der Waals surface area contributed by atoms with Gasteiger partial charge in [-0.2, -0.15) is 5.10 Å². The van der Waals surface area contributed by atoms with Crippen LogP contribution < -0.4 is 5.32 Å². The molecule has 1 N–H and O–H groups in total. The van der Waals surface area contributed by atoms with E-state index in [9.17, 15) is 4.79 Å². The first-order valence-electron chi connectivity index (χ1n) is 8.17. The Labute approximate surface area is 159 Å². The number of fused-ring (bicyclic) bond motifs is 1. The van der Waals surface area contributed by atoms with Gasteiger partial charge in [-0.3, -0.25) is 4.79 Å². The summed E-state index contributed by atoms with van der Waals surface area (Å²) in [6.07, 6.45) is 2.30. The average molecular weight is 386 g/mol.